The molecule has 2 heterocycles. The summed E-state index contributed by atoms with van der Waals surface area (Å²) in [5.74, 6) is -0.219. The van der Waals surface area contributed by atoms with E-state index in [2.05, 4.69) is 15.6 Å². The molecule has 1 N–H and O–H groups in total. The molecule has 1 aromatic carbocycles. The lowest BCUT2D eigenvalue weighted by molar-refractivity contribution is -0.118. The third-order valence-corrected chi connectivity index (χ3v) is 5.20. The highest BCUT2D eigenvalue weighted by Gasteiger charge is 2.39. The van der Waals surface area contributed by atoms with Crippen molar-refractivity contribution in [1.29, 1.82) is 0 Å². The summed E-state index contributed by atoms with van der Waals surface area (Å²) in [6.07, 6.45) is 1.82. The minimum Gasteiger partial charge on any atom is -0.382 e. The van der Waals surface area contributed by atoms with Gasteiger partial charge >= 0.3 is 0 Å². The van der Waals surface area contributed by atoms with Gasteiger partial charge < -0.3 is 10.2 Å². The lowest BCUT2D eigenvalue weighted by Crippen LogP contribution is -2.30. The molecule has 0 radical (unpaired) electrons. The Balaban J connectivity index is 1.77. The van der Waals surface area contributed by atoms with Gasteiger partial charge in [-0.15, -0.1) is 0 Å². The number of ketones is 1. The maximum Gasteiger partial charge on any atom is 0.251 e. The van der Waals surface area contributed by atoms with Crippen molar-refractivity contribution >= 4 is 17.4 Å². The van der Waals surface area contributed by atoms with Crippen LogP contribution >= 0.6 is 0 Å². The number of aryl methyl sites for hydroxylation is 3. The molecule has 0 saturated heterocycles. The normalized spacial score (nSPS) is 18.3. The first-order valence-corrected chi connectivity index (χ1v) is 9.90. The smallest absolute Gasteiger partial charge is 0.251 e. The van der Waals surface area contributed by atoms with E-state index in [1.807, 2.05) is 63.7 Å². The molecule has 1 atom stereocenters. The van der Waals surface area contributed by atoms with Crippen molar-refractivity contribution in [3.63, 3.8) is 0 Å². The van der Waals surface area contributed by atoms with Gasteiger partial charge in [-0.1, -0.05) is 24.2 Å². The minimum absolute atomic E-state index is 0.0328. The largest absolute Gasteiger partial charge is 0.382 e. The van der Waals surface area contributed by atoms with Gasteiger partial charge in [0.1, 0.15) is 0 Å². The van der Waals surface area contributed by atoms with Gasteiger partial charge in [0.2, 0.25) is 0 Å². The van der Waals surface area contributed by atoms with E-state index in [0.29, 0.717) is 18.4 Å². The summed E-state index contributed by atoms with van der Waals surface area (Å²) >= 11 is 0. The molecule has 3 rings (SSSR count). The fourth-order valence-corrected chi connectivity index (χ4v) is 3.63. The molecular weight excluding hydrogens is 368 g/mol. The monoisotopic (exact) mass is 396 g/mol. The third kappa shape index (κ3) is 4.39. The first-order chi connectivity index (χ1) is 13.7. The Morgan fingerprint density at radius 2 is 2.03 bits per heavy atom. The van der Waals surface area contributed by atoms with Crippen LogP contribution < -0.4 is 5.32 Å². The van der Waals surface area contributed by atoms with Crippen molar-refractivity contribution in [1.82, 2.24) is 15.1 Å². The van der Waals surface area contributed by atoms with Crippen LogP contribution in [-0.2, 0) is 22.3 Å². The number of amides is 1. The van der Waals surface area contributed by atoms with Crippen LogP contribution in [0.5, 0.6) is 0 Å². The second kappa shape index (κ2) is 8.19. The summed E-state index contributed by atoms with van der Waals surface area (Å²) in [4.78, 5) is 30.1. The highest BCUT2D eigenvalue weighted by Crippen LogP contribution is 2.36. The van der Waals surface area contributed by atoms with E-state index in [1.165, 1.54) is 0 Å². The number of hydrogen-bond acceptors (Lipinski definition) is 5. The van der Waals surface area contributed by atoms with E-state index >= 15 is 0 Å². The van der Waals surface area contributed by atoms with Gasteiger partial charge in [-0.05, 0) is 44.9 Å². The highest BCUT2D eigenvalue weighted by atomic mass is 16.7. The van der Waals surface area contributed by atoms with Crippen molar-refractivity contribution in [3.05, 3.63) is 52.3 Å². The Morgan fingerprint density at radius 3 is 2.69 bits per heavy atom. The van der Waals surface area contributed by atoms with E-state index in [0.717, 1.165) is 34.6 Å². The molecule has 7 nitrogen and oxygen atoms in total. The van der Waals surface area contributed by atoms with Crippen LogP contribution in [0.15, 0.2) is 29.4 Å². The number of rotatable bonds is 7. The molecule has 154 valence electrons. The van der Waals surface area contributed by atoms with Crippen LogP contribution in [0.1, 0.15) is 66.0 Å². The maximum atomic E-state index is 12.6. The molecule has 0 bridgehead atoms. The van der Waals surface area contributed by atoms with Crippen LogP contribution in [-0.4, -0.2) is 33.7 Å². The van der Waals surface area contributed by atoms with Crippen LogP contribution in [0.3, 0.4) is 0 Å². The number of nitrogens with one attached hydrogen (secondary N) is 1. The molecule has 2 aromatic rings. The Labute approximate surface area is 171 Å². The molecule has 0 fully saturated rings. The van der Waals surface area contributed by atoms with Gasteiger partial charge in [-0.3, -0.25) is 14.3 Å². The number of carbonyl (C=O) groups is 2. The Hall–Kier alpha value is -2.96. The number of nitrogens with zero attached hydrogens (tertiary/aromatic N) is 3. The van der Waals surface area contributed by atoms with Crippen LogP contribution in [0.2, 0.25) is 0 Å². The summed E-state index contributed by atoms with van der Waals surface area (Å²) in [7, 11) is 1.89. The average Bonchev–Trinajstić information content (AvgIpc) is 3.23. The topological polar surface area (TPSA) is 85.6 Å². The quantitative estimate of drug-likeness (QED) is 0.779. The number of hydrogen-bond donors (Lipinski definition) is 1. The lowest BCUT2D eigenvalue weighted by atomic mass is 9.91. The predicted molar refractivity (Wildman–Crippen MR) is 111 cm³/mol. The van der Waals surface area contributed by atoms with Gasteiger partial charge in [0.05, 0.1) is 23.6 Å². The highest BCUT2D eigenvalue weighted by molar-refractivity contribution is 6.05. The Morgan fingerprint density at radius 1 is 1.28 bits per heavy atom. The summed E-state index contributed by atoms with van der Waals surface area (Å²) in [6.45, 7) is 7.81. The standard InChI is InChI=1S/C22H28N4O3/c1-6-7-17(27)13-23-21(28)18-11-16(9-8-14(18)2)19-12-22(4,29-25-19)20-10-15(3)24-26(20)5/h8-11H,6-7,12-13H2,1-5H3,(H,23,28). The fourth-order valence-electron chi connectivity index (χ4n) is 3.63. The first kappa shape index (κ1) is 20.8. The molecule has 0 saturated carbocycles. The Kier molecular flexibility index (Phi) is 5.86. The zero-order valence-electron chi connectivity index (χ0n) is 17.7. The van der Waals surface area contributed by atoms with Crippen molar-refractivity contribution in [3.8, 4) is 0 Å². The van der Waals surface area contributed by atoms with E-state index in [-0.39, 0.29) is 18.2 Å². The van der Waals surface area contributed by atoms with Crippen LogP contribution in [0.25, 0.3) is 0 Å². The van der Waals surface area contributed by atoms with Crippen molar-refractivity contribution in [2.24, 2.45) is 12.2 Å². The van der Waals surface area contributed by atoms with E-state index in [1.54, 1.807) is 0 Å². The van der Waals surface area contributed by atoms with E-state index < -0.39 is 5.60 Å². The van der Waals surface area contributed by atoms with Crippen LogP contribution in [0.4, 0.5) is 0 Å². The third-order valence-electron chi connectivity index (χ3n) is 5.20. The Bertz CT molecular complexity index is 976. The van der Waals surface area contributed by atoms with Gasteiger partial charge in [-0.2, -0.15) is 5.10 Å². The van der Waals surface area contributed by atoms with Gasteiger partial charge in [0, 0.05) is 31.0 Å². The second-order valence-corrected chi connectivity index (χ2v) is 7.83. The van der Waals surface area contributed by atoms with Crippen molar-refractivity contribution in [2.75, 3.05) is 6.54 Å². The number of Topliss-reactive ketones (excluding diaryl/α,β-unsaturated/α-hetero) is 1. The summed E-state index contributed by atoms with van der Waals surface area (Å²) in [5.41, 5.74) is 4.27. The average molecular weight is 396 g/mol. The number of oxime groups is 1. The van der Waals surface area contributed by atoms with Gasteiger partial charge in [0.15, 0.2) is 11.4 Å². The maximum absolute atomic E-state index is 12.6. The van der Waals surface area contributed by atoms with Crippen LogP contribution in [0, 0.1) is 13.8 Å². The van der Waals surface area contributed by atoms with E-state index in [9.17, 15) is 9.59 Å². The second-order valence-electron chi connectivity index (χ2n) is 7.83. The predicted octanol–water partition coefficient (Wildman–Crippen LogP) is 3.18. The zero-order chi connectivity index (χ0) is 21.2. The summed E-state index contributed by atoms with van der Waals surface area (Å²) < 4.78 is 1.81. The molecular formula is C22H28N4O3. The van der Waals surface area contributed by atoms with Crippen molar-refractivity contribution < 1.29 is 14.4 Å². The summed E-state index contributed by atoms with van der Waals surface area (Å²) in [6, 6.07) is 7.65. The number of aromatic nitrogens is 2. The van der Waals surface area contributed by atoms with Gasteiger partial charge in [-0.25, -0.2) is 0 Å². The molecule has 1 aliphatic heterocycles. The molecule has 29 heavy (non-hydrogen) atoms. The summed E-state index contributed by atoms with van der Waals surface area (Å²) in [5, 5.41) is 11.4. The molecule has 7 heteroatoms. The molecule has 0 aliphatic carbocycles. The molecule has 1 amide bonds. The molecule has 1 aliphatic rings. The fraction of sp³-hybridized carbons (Fsp3) is 0.455. The number of carbonyl (C=O) groups excluding carboxylic acids is 2. The molecule has 1 unspecified atom stereocenters. The molecule has 1 aromatic heterocycles. The van der Waals surface area contributed by atoms with E-state index in [4.69, 9.17) is 4.84 Å². The molecule has 0 spiro atoms. The first-order valence-electron chi connectivity index (χ1n) is 9.90. The lowest BCUT2D eigenvalue weighted by Gasteiger charge is -2.21. The zero-order valence-corrected chi connectivity index (χ0v) is 17.7. The minimum atomic E-state index is -0.606. The van der Waals surface area contributed by atoms with Gasteiger partial charge in [0.25, 0.3) is 5.91 Å². The van der Waals surface area contributed by atoms with Crippen molar-refractivity contribution in [2.45, 2.75) is 52.6 Å². The SMILES string of the molecule is CCCC(=O)CNC(=O)c1cc(C2=NOC(C)(c3cc(C)nn3C)C2)ccc1C. The number of benzene rings is 1.